The van der Waals surface area contributed by atoms with Gasteiger partial charge in [-0.15, -0.1) is 0 Å². The Bertz CT molecular complexity index is 304. The quantitative estimate of drug-likeness (QED) is 0.664. The van der Waals surface area contributed by atoms with E-state index in [1.54, 1.807) is 13.8 Å². The number of esters is 2. The average molecular weight is 212 g/mol. The van der Waals surface area contributed by atoms with Crippen LogP contribution in [0.1, 0.15) is 26.7 Å². The average Bonchev–Trinajstić information content (AvgIpc) is 2.59. The van der Waals surface area contributed by atoms with E-state index in [-0.39, 0.29) is 17.9 Å². The maximum absolute atomic E-state index is 11.5. The van der Waals surface area contributed by atoms with Crippen LogP contribution in [0.2, 0.25) is 0 Å². The Labute approximate surface area is 89.2 Å². The van der Waals surface area contributed by atoms with Gasteiger partial charge in [-0.1, -0.05) is 0 Å². The SMILES string of the molecule is CCOC(=O)C1CCC(C(=O)OC)=C1C. The molecule has 1 unspecified atom stereocenters. The molecule has 0 heterocycles. The van der Waals surface area contributed by atoms with E-state index in [0.717, 1.165) is 5.57 Å². The lowest BCUT2D eigenvalue weighted by Gasteiger charge is -2.09. The third kappa shape index (κ3) is 2.37. The number of hydrogen-bond donors (Lipinski definition) is 0. The molecule has 0 amide bonds. The molecule has 0 fully saturated rings. The number of hydrogen-bond acceptors (Lipinski definition) is 4. The smallest absolute Gasteiger partial charge is 0.333 e. The molecule has 0 aliphatic heterocycles. The van der Waals surface area contributed by atoms with E-state index in [1.165, 1.54) is 7.11 Å². The summed E-state index contributed by atoms with van der Waals surface area (Å²) >= 11 is 0. The van der Waals surface area contributed by atoms with Crippen LogP contribution in [0, 0.1) is 5.92 Å². The van der Waals surface area contributed by atoms with Crippen LogP contribution in [0.15, 0.2) is 11.1 Å². The summed E-state index contributed by atoms with van der Waals surface area (Å²) in [5.74, 6) is -0.841. The zero-order valence-electron chi connectivity index (χ0n) is 9.33. The summed E-state index contributed by atoms with van der Waals surface area (Å²) in [7, 11) is 1.35. The molecule has 1 rings (SSSR count). The van der Waals surface area contributed by atoms with Crippen molar-refractivity contribution in [1.82, 2.24) is 0 Å². The Morgan fingerprint density at radius 2 is 2.13 bits per heavy atom. The molecule has 0 aromatic heterocycles. The van der Waals surface area contributed by atoms with Gasteiger partial charge in [-0.05, 0) is 32.3 Å². The third-order valence-corrected chi connectivity index (χ3v) is 2.68. The lowest BCUT2D eigenvalue weighted by atomic mass is 10.0. The molecule has 4 heteroatoms. The number of carbonyl (C=O) groups excluding carboxylic acids is 2. The maximum atomic E-state index is 11.5. The molecule has 1 atom stereocenters. The van der Waals surface area contributed by atoms with Gasteiger partial charge in [0.05, 0.1) is 19.6 Å². The van der Waals surface area contributed by atoms with Gasteiger partial charge >= 0.3 is 11.9 Å². The van der Waals surface area contributed by atoms with E-state index in [0.29, 0.717) is 25.0 Å². The highest BCUT2D eigenvalue weighted by atomic mass is 16.5. The fraction of sp³-hybridized carbons (Fsp3) is 0.636. The first-order valence-electron chi connectivity index (χ1n) is 5.06. The summed E-state index contributed by atoms with van der Waals surface area (Å²) in [6.07, 6.45) is 1.25. The van der Waals surface area contributed by atoms with Crippen molar-refractivity contribution in [1.29, 1.82) is 0 Å². The van der Waals surface area contributed by atoms with Gasteiger partial charge in [-0.2, -0.15) is 0 Å². The zero-order chi connectivity index (χ0) is 11.4. The topological polar surface area (TPSA) is 52.6 Å². The molecule has 15 heavy (non-hydrogen) atoms. The standard InChI is InChI=1S/C11H16O4/c1-4-15-11(13)9-6-5-8(7(9)2)10(12)14-3/h9H,4-6H2,1-3H3. The molecule has 4 nitrogen and oxygen atoms in total. The predicted octanol–water partition coefficient (Wildman–Crippen LogP) is 1.45. The number of carbonyl (C=O) groups is 2. The molecule has 1 aliphatic rings. The second-order valence-electron chi connectivity index (χ2n) is 3.50. The van der Waals surface area contributed by atoms with Gasteiger partial charge in [0.15, 0.2) is 0 Å². The normalized spacial score (nSPS) is 20.3. The van der Waals surface area contributed by atoms with E-state index in [2.05, 4.69) is 4.74 Å². The van der Waals surface area contributed by atoms with Gasteiger partial charge in [0, 0.05) is 5.57 Å². The van der Waals surface area contributed by atoms with Crippen molar-refractivity contribution in [3.8, 4) is 0 Å². The van der Waals surface area contributed by atoms with E-state index >= 15 is 0 Å². The monoisotopic (exact) mass is 212 g/mol. The molecule has 0 radical (unpaired) electrons. The minimum absolute atomic E-state index is 0.242. The molecule has 0 bridgehead atoms. The highest BCUT2D eigenvalue weighted by Gasteiger charge is 2.32. The Kier molecular flexibility index (Phi) is 3.88. The van der Waals surface area contributed by atoms with E-state index in [9.17, 15) is 9.59 Å². The van der Waals surface area contributed by atoms with Crippen molar-refractivity contribution in [3.05, 3.63) is 11.1 Å². The van der Waals surface area contributed by atoms with Crippen molar-refractivity contribution >= 4 is 11.9 Å². The Morgan fingerprint density at radius 1 is 1.47 bits per heavy atom. The number of rotatable bonds is 3. The van der Waals surface area contributed by atoms with Crippen molar-refractivity contribution < 1.29 is 19.1 Å². The van der Waals surface area contributed by atoms with Crippen LogP contribution < -0.4 is 0 Å². The summed E-state index contributed by atoms with van der Waals surface area (Å²) < 4.78 is 9.58. The summed E-state index contributed by atoms with van der Waals surface area (Å²) in [5.41, 5.74) is 1.41. The summed E-state index contributed by atoms with van der Waals surface area (Å²) in [5, 5.41) is 0. The first kappa shape index (κ1) is 11.8. The predicted molar refractivity (Wildman–Crippen MR) is 54.1 cm³/mol. The molecular formula is C11H16O4. The molecule has 0 aromatic carbocycles. The maximum Gasteiger partial charge on any atom is 0.333 e. The fourth-order valence-electron chi connectivity index (χ4n) is 1.84. The first-order chi connectivity index (χ1) is 7.11. The highest BCUT2D eigenvalue weighted by Crippen LogP contribution is 2.33. The van der Waals surface area contributed by atoms with E-state index in [4.69, 9.17) is 4.74 Å². The van der Waals surface area contributed by atoms with Gasteiger partial charge in [0.1, 0.15) is 0 Å². The van der Waals surface area contributed by atoms with Crippen LogP contribution >= 0.6 is 0 Å². The fourth-order valence-corrected chi connectivity index (χ4v) is 1.84. The molecule has 0 N–H and O–H groups in total. The van der Waals surface area contributed by atoms with Gasteiger partial charge in [-0.25, -0.2) is 4.79 Å². The first-order valence-corrected chi connectivity index (χ1v) is 5.06. The van der Waals surface area contributed by atoms with Crippen molar-refractivity contribution in [3.63, 3.8) is 0 Å². The molecule has 0 saturated heterocycles. The van der Waals surface area contributed by atoms with Crippen molar-refractivity contribution in [2.45, 2.75) is 26.7 Å². The molecule has 0 aromatic rings. The Morgan fingerprint density at radius 3 is 2.67 bits per heavy atom. The Balaban J connectivity index is 2.77. The van der Waals surface area contributed by atoms with Gasteiger partial charge < -0.3 is 9.47 Å². The van der Waals surface area contributed by atoms with Gasteiger partial charge in [-0.3, -0.25) is 4.79 Å². The zero-order valence-corrected chi connectivity index (χ0v) is 9.33. The van der Waals surface area contributed by atoms with Crippen molar-refractivity contribution in [2.75, 3.05) is 13.7 Å². The minimum atomic E-state index is -0.334. The number of methoxy groups -OCH3 is 1. The van der Waals surface area contributed by atoms with Crippen LogP contribution in [0.25, 0.3) is 0 Å². The van der Waals surface area contributed by atoms with E-state index in [1.807, 2.05) is 0 Å². The molecular weight excluding hydrogens is 196 g/mol. The van der Waals surface area contributed by atoms with Crippen LogP contribution in [0.4, 0.5) is 0 Å². The molecule has 0 saturated carbocycles. The minimum Gasteiger partial charge on any atom is -0.466 e. The van der Waals surface area contributed by atoms with Crippen LogP contribution in [-0.2, 0) is 19.1 Å². The Hall–Kier alpha value is -1.32. The summed E-state index contributed by atoms with van der Waals surface area (Å²) in [6, 6.07) is 0. The molecule has 84 valence electrons. The summed E-state index contributed by atoms with van der Waals surface area (Å²) in [6.45, 7) is 3.93. The van der Waals surface area contributed by atoms with Crippen LogP contribution in [0.3, 0.4) is 0 Å². The van der Waals surface area contributed by atoms with Gasteiger partial charge in [0.25, 0.3) is 0 Å². The van der Waals surface area contributed by atoms with Gasteiger partial charge in [0.2, 0.25) is 0 Å². The van der Waals surface area contributed by atoms with Crippen LogP contribution in [0.5, 0.6) is 0 Å². The number of ether oxygens (including phenoxy) is 2. The lowest BCUT2D eigenvalue weighted by molar-refractivity contribution is -0.146. The lowest BCUT2D eigenvalue weighted by Crippen LogP contribution is -2.16. The second kappa shape index (κ2) is 4.96. The third-order valence-electron chi connectivity index (χ3n) is 2.68. The molecule has 0 spiro atoms. The largest absolute Gasteiger partial charge is 0.466 e. The van der Waals surface area contributed by atoms with E-state index < -0.39 is 0 Å². The van der Waals surface area contributed by atoms with Crippen molar-refractivity contribution in [2.24, 2.45) is 5.92 Å². The summed E-state index contributed by atoms with van der Waals surface area (Å²) in [4.78, 5) is 22.8. The second-order valence-corrected chi connectivity index (χ2v) is 3.50. The van der Waals surface area contributed by atoms with Crippen LogP contribution in [-0.4, -0.2) is 25.7 Å². The highest BCUT2D eigenvalue weighted by molar-refractivity contribution is 5.92. The molecule has 1 aliphatic carbocycles.